The molecule has 4 nitrogen and oxygen atoms in total. The largest absolute Gasteiger partial charge is 0.506 e. The first-order chi connectivity index (χ1) is 10.8. The van der Waals surface area contributed by atoms with E-state index >= 15 is 0 Å². The van der Waals surface area contributed by atoms with Gasteiger partial charge in [-0.1, -0.05) is 12.1 Å². The van der Waals surface area contributed by atoms with E-state index in [-0.39, 0.29) is 5.75 Å². The van der Waals surface area contributed by atoms with E-state index in [4.69, 9.17) is 4.98 Å². The van der Waals surface area contributed by atoms with Gasteiger partial charge in [-0.2, -0.15) is 11.8 Å². The van der Waals surface area contributed by atoms with Crippen LogP contribution in [0.1, 0.15) is 24.6 Å². The molecule has 4 rings (SSSR count). The smallest absolute Gasteiger partial charge is 0.164 e. The molecule has 1 aromatic carbocycles. The van der Waals surface area contributed by atoms with Crippen molar-refractivity contribution in [1.29, 1.82) is 0 Å². The summed E-state index contributed by atoms with van der Waals surface area (Å²) in [4.78, 5) is 9.33. The van der Waals surface area contributed by atoms with Crippen LogP contribution in [0.4, 0.5) is 0 Å². The summed E-state index contributed by atoms with van der Waals surface area (Å²) < 4.78 is 2.03. The number of nitrogens with zero attached hydrogens (tertiary/aromatic N) is 3. The van der Waals surface area contributed by atoms with Crippen LogP contribution in [0.25, 0.3) is 16.9 Å². The predicted octanol–water partition coefficient (Wildman–Crippen LogP) is 3.74. The second-order valence-corrected chi connectivity index (χ2v) is 6.75. The van der Waals surface area contributed by atoms with Gasteiger partial charge < -0.3 is 5.11 Å². The number of hydrogen-bond acceptors (Lipinski definition) is 4. The first kappa shape index (κ1) is 13.6. The van der Waals surface area contributed by atoms with Gasteiger partial charge in [0.25, 0.3) is 0 Å². The first-order valence-corrected chi connectivity index (χ1v) is 8.69. The molecule has 0 atom stereocenters. The standard InChI is InChI=1S/C17H17N3OS/c21-15-6-2-1-5-14(15)20-16(12-7-10-22-11-8-12)19-13-4-3-9-18-17(13)20/h1-6,9,12,21H,7-8,10-11H2. The van der Waals surface area contributed by atoms with Gasteiger partial charge >= 0.3 is 0 Å². The van der Waals surface area contributed by atoms with Crippen LogP contribution in [0.3, 0.4) is 0 Å². The van der Waals surface area contributed by atoms with Gasteiger partial charge in [-0.25, -0.2) is 9.97 Å². The van der Waals surface area contributed by atoms with Crippen LogP contribution in [0.15, 0.2) is 42.6 Å². The molecule has 3 heterocycles. The van der Waals surface area contributed by atoms with Gasteiger partial charge in [0.05, 0.1) is 5.69 Å². The molecule has 0 spiro atoms. The van der Waals surface area contributed by atoms with Gasteiger partial charge in [-0.05, 0) is 48.6 Å². The number of thioether (sulfide) groups is 1. The van der Waals surface area contributed by atoms with Crippen LogP contribution in [-0.4, -0.2) is 31.1 Å². The van der Waals surface area contributed by atoms with Gasteiger partial charge in [0.15, 0.2) is 5.65 Å². The maximum absolute atomic E-state index is 10.3. The van der Waals surface area contributed by atoms with Gasteiger partial charge in [0.2, 0.25) is 0 Å². The van der Waals surface area contributed by atoms with Crippen LogP contribution in [0.2, 0.25) is 0 Å². The lowest BCUT2D eigenvalue weighted by molar-refractivity contribution is 0.470. The van der Waals surface area contributed by atoms with E-state index in [9.17, 15) is 5.11 Å². The lowest BCUT2D eigenvalue weighted by Crippen LogP contribution is -2.13. The summed E-state index contributed by atoms with van der Waals surface area (Å²) in [5, 5.41) is 10.3. The van der Waals surface area contributed by atoms with Crippen molar-refractivity contribution >= 4 is 22.9 Å². The second kappa shape index (κ2) is 5.65. The monoisotopic (exact) mass is 311 g/mol. The zero-order valence-corrected chi connectivity index (χ0v) is 13.0. The number of hydrogen-bond donors (Lipinski definition) is 1. The summed E-state index contributed by atoms with van der Waals surface area (Å²) in [5.41, 5.74) is 2.47. The first-order valence-electron chi connectivity index (χ1n) is 7.54. The van der Waals surface area contributed by atoms with Gasteiger partial charge in [-0.3, -0.25) is 4.57 Å². The zero-order valence-electron chi connectivity index (χ0n) is 12.1. The highest BCUT2D eigenvalue weighted by Gasteiger charge is 2.24. The lowest BCUT2D eigenvalue weighted by Gasteiger charge is -2.22. The molecule has 0 saturated carbocycles. The molecule has 0 unspecified atom stereocenters. The van der Waals surface area contributed by atoms with Crippen molar-refractivity contribution in [3.8, 4) is 11.4 Å². The zero-order chi connectivity index (χ0) is 14.9. The summed E-state index contributed by atoms with van der Waals surface area (Å²) in [5.74, 6) is 4.05. The van der Waals surface area contributed by atoms with Gasteiger partial charge in [0.1, 0.15) is 17.1 Å². The number of para-hydroxylation sites is 2. The van der Waals surface area contributed by atoms with Crippen molar-refractivity contribution in [3.05, 3.63) is 48.4 Å². The molecule has 112 valence electrons. The quantitative estimate of drug-likeness (QED) is 0.783. The third-order valence-corrected chi connectivity index (χ3v) is 5.20. The Balaban J connectivity index is 1.96. The van der Waals surface area contributed by atoms with Crippen molar-refractivity contribution in [2.75, 3.05) is 11.5 Å². The van der Waals surface area contributed by atoms with Crippen molar-refractivity contribution in [2.45, 2.75) is 18.8 Å². The minimum Gasteiger partial charge on any atom is -0.506 e. The molecular weight excluding hydrogens is 294 g/mol. The Kier molecular flexibility index (Phi) is 3.50. The molecule has 0 bridgehead atoms. The van der Waals surface area contributed by atoms with E-state index in [1.165, 1.54) is 11.5 Å². The Morgan fingerprint density at radius 1 is 1.09 bits per heavy atom. The molecule has 1 aliphatic rings. The average Bonchev–Trinajstić information content (AvgIpc) is 2.95. The molecule has 3 aromatic rings. The summed E-state index contributed by atoms with van der Waals surface area (Å²) in [7, 11) is 0. The molecule has 1 saturated heterocycles. The summed E-state index contributed by atoms with van der Waals surface area (Å²) in [6.45, 7) is 0. The second-order valence-electron chi connectivity index (χ2n) is 5.53. The molecule has 1 fully saturated rings. The van der Waals surface area contributed by atoms with Crippen molar-refractivity contribution in [2.24, 2.45) is 0 Å². The van der Waals surface area contributed by atoms with E-state index in [1.54, 1.807) is 12.3 Å². The maximum Gasteiger partial charge on any atom is 0.164 e. The number of aromatic hydroxyl groups is 1. The van der Waals surface area contributed by atoms with E-state index < -0.39 is 0 Å². The van der Waals surface area contributed by atoms with Crippen molar-refractivity contribution in [1.82, 2.24) is 14.5 Å². The predicted molar refractivity (Wildman–Crippen MR) is 89.8 cm³/mol. The Morgan fingerprint density at radius 3 is 2.73 bits per heavy atom. The third-order valence-electron chi connectivity index (χ3n) is 4.15. The Labute approximate surface area is 133 Å². The van der Waals surface area contributed by atoms with Crippen LogP contribution in [-0.2, 0) is 0 Å². The van der Waals surface area contributed by atoms with E-state index in [0.29, 0.717) is 5.92 Å². The third kappa shape index (κ3) is 2.25. The normalized spacial score (nSPS) is 16.2. The molecule has 2 aromatic heterocycles. The Morgan fingerprint density at radius 2 is 1.91 bits per heavy atom. The molecule has 22 heavy (non-hydrogen) atoms. The van der Waals surface area contributed by atoms with Crippen LogP contribution >= 0.6 is 11.8 Å². The number of benzene rings is 1. The molecule has 1 aliphatic heterocycles. The van der Waals surface area contributed by atoms with E-state index in [2.05, 4.69) is 4.98 Å². The summed E-state index contributed by atoms with van der Waals surface area (Å²) >= 11 is 2.00. The fourth-order valence-corrected chi connectivity index (χ4v) is 4.16. The number of phenolic OH excluding ortho intramolecular Hbond substituents is 1. The average molecular weight is 311 g/mol. The van der Waals surface area contributed by atoms with Gasteiger partial charge in [0, 0.05) is 12.1 Å². The highest BCUT2D eigenvalue weighted by Crippen LogP contribution is 2.35. The van der Waals surface area contributed by atoms with Crippen LogP contribution in [0.5, 0.6) is 5.75 Å². The highest BCUT2D eigenvalue weighted by atomic mass is 32.2. The van der Waals surface area contributed by atoms with Crippen LogP contribution in [0, 0.1) is 0 Å². The summed E-state index contributed by atoms with van der Waals surface area (Å²) in [6.07, 6.45) is 4.03. The number of rotatable bonds is 2. The number of pyridine rings is 1. The number of imidazole rings is 1. The number of fused-ring (bicyclic) bond motifs is 1. The fourth-order valence-electron chi connectivity index (χ4n) is 3.05. The van der Waals surface area contributed by atoms with Crippen molar-refractivity contribution < 1.29 is 5.11 Å². The molecule has 1 N–H and O–H groups in total. The number of phenols is 1. The Bertz CT molecular complexity index is 809. The molecule has 0 radical (unpaired) electrons. The molecular formula is C17H17N3OS. The van der Waals surface area contributed by atoms with Gasteiger partial charge in [-0.15, -0.1) is 0 Å². The van der Waals surface area contributed by atoms with E-state index in [1.807, 2.05) is 46.7 Å². The lowest BCUT2D eigenvalue weighted by atomic mass is 10.0. The highest BCUT2D eigenvalue weighted by molar-refractivity contribution is 7.99. The SMILES string of the molecule is Oc1ccccc1-n1c(C2CCSCC2)nc2cccnc21. The minimum absolute atomic E-state index is 0.263. The van der Waals surface area contributed by atoms with Crippen LogP contribution < -0.4 is 0 Å². The van der Waals surface area contributed by atoms with E-state index in [0.717, 1.165) is 35.5 Å². The van der Waals surface area contributed by atoms with Crippen molar-refractivity contribution in [3.63, 3.8) is 0 Å². The fraction of sp³-hybridized carbons (Fsp3) is 0.294. The minimum atomic E-state index is 0.263. The number of aromatic nitrogens is 3. The topological polar surface area (TPSA) is 50.9 Å². The summed E-state index contributed by atoms with van der Waals surface area (Å²) in [6, 6.07) is 11.3. The molecule has 5 heteroatoms. The molecule has 0 aliphatic carbocycles. The Hall–Kier alpha value is -2.01. The molecule has 0 amide bonds. The maximum atomic E-state index is 10.3.